The first kappa shape index (κ1) is 20.9. The molecule has 1 aromatic rings. The zero-order valence-electron chi connectivity index (χ0n) is 15.7. The van der Waals surface area contributed by atoms with Crippen molar-refractivity contribution in [2.75, 3.05) is 25.0 Å². The number of hydrogen-bond donors (Lipinski definition) is 1. The fourth-order valence-electron chi connectivity index (χ4n) is 2.89. The molecule has 0 aromatic heterocycles. The predicted molar refractivity (Wildman–Crippen MR) is 103 cm³/mol. The van der Waals surface area contributed by atoms with Crippen LogP contribution >= 0.6 is 0 Å². The van der Waals surface area contributed by atoms with E-state index in [9.17, 15) is 13.2 Å². The molecule has 0 unspecified atom stereocenters. The molecule has 2 rings (SSSR count). The molecule has 1 heterocycles. The van der Waals surface area contributed by atoms with Crippen LogP contribution < -0.4 is 5.32 Å². The van der Waals surface area contributed by atoms with E-state index in [1.165, 1.54) is 0 Å². The van der Waals surface area contributed by atoms with Crippen LogP contribution in [-0.2, 0) is 19.6 Å². The van der Waals surface area contributed by atoms with Gasteiger partial charge in [0.15, 0.2) is 0 Å². The molecule has 7 heteroatoms. The predicted octanol–water partition coefficient (Wildman–Crippen LogP) is 3.40. The van der Waals surface area contributed by atoms with Gasteiger partial charge < -0.3 is 10.1 Å². The minimum atomic E-state index is -3.51. The number of nitrogens with one attached hydrogen (secondary N) is 1. The molecular formula is C19H30N2O4S. The van der Waals surface area contributed by atoms with Gasteiger partial charge in [0.25, 0.3) is 5.91 Å². The van der Waals surface area contributed by atoms with E-state index in [1.807, 2.05) is 0 Å². The number of ether oxygens (including phenoxy) is 1. The van der Waals surface area contributed by atoms with Gasteiger partial charge in [0.05, 0.1) is 4.90 Å². The molecule has 1 aliphatic rings. The lowest BCUT2D eigenvalue weighted by atomic mass is 10.2. The van der Waals surface area contributed by atoms with E-state index in [0.29, 0.717) is 25.4 Å². The number of hydrogen-bond acceptors (Lipinski definition) is 4. The summed E-state index contributed by atoms with van der Waals surface area (Å²) in [4.78, 5) is 12.3. The monoisotopic (exact) mass is 382 g/mol. The first-order valence-corrected chi connectivity index (χ1v) is 11.0. The van der Waals surface area contributed by atoms with Gasteiger partial charge in [0.1, 0.15) is 6.10 Å². The summed E-state index contributed by atoms with van der Waals surface area (Å²) >= 11 is 0. The molecule has 1 atom stereocenters. The van der Waals surface area contributed by atoms with Crippen LogP contribution in [0.1, 0.15) is 52.4 Å². The summed E-state index contributed by atoms with van der Waals surface area (Å²) in [5.74, 6) is -0.175. The van der Waals surface area contributed by atoms with Gasteiger partial charge in [-0.25, -0.2) is 8.42 Å². The standard InChI is InChI=1S/C19H30N2O4S/c1-3-5-13-21(14-6-4-2)26(23,24)17-11-9-16(10-12-17)20-19(22)18-8-7-15-25-18/h9-12,18H,3-8,13-15H2,1-2H3,(H,20,22)/t18-/m1/s1. The summed E-state index contributed by atoms with van der Waals surface area (Å²) in [6.07, 6.45) is 4.80. The van der Waals surface area contributed by atoms with Gasteiger partial charge in [0, 0.05) is 25.4 Å². The first-order chi connectivity index (χ1) is 12.5. The zero-order valence-corrected chi connectivity index (χ0v) is 16.6. The van der Waals surface area contributed by atoms with Crippen LogP contribution in [0.4, 0.5) is 5.69 Å². The van der Waals surface area contributed by atoms with E-state index >= 15 is 0 Å². The summed E-state index contributed by atoms with van der Waals surface area (Å²) < 4.78 is 32.7. The molecule has 1 amide bonds. The smallest absolute Gasteiger partial charge is 0.253 e. The Bertz CT molecular complexity index is 659. The van der Waals surface area contributed by atoms with Crippen molar-refractivity contribution in [3.63, 3.8) is 0 Å². The Balaban J connectivity index is 2.07. The van der Waals surface area contributed by atoms with Crippen LogP contribution in [0.15, 0.2) is 29.2 Å². The maximum absolute atomic E-state index is 12.9. The van der Waals surface area contributed by atoms with Crippen molar-refractivity contribution in [2.24, 2.45) is 0 Å². The molecule has 1 aliphatic heterocycles. The number of unbranched alkanes of at least 4 members (excludes halogenated alkanes) is 2. The summed E-state index contributed by atoms with van der Waals surface area (Å²) in [5.41, 5.74) is 0.582. The SMILES string of the molecule is CCCCN(CCCC)S(=O)(=O)c1ccc(NC(=O)[C@H]2CCCO2)cc1. The number of carbonyl (C=O) groups excluding carboxylic acids is 1. The number of benzene rings is 1. The summed E-state index contributed by atoms with van der Waals surface area (Å²) in [7, 11) is -3.51. The largest absolute Gasteiger partial charge is 0.368 e. The van der Waals surface area contributed by atoms with E-state index in [2.05, 4.69) is 19.2 Å². The van der Waals surface area contributed by atoms with Gasteiger partial charge >= 0.3 is 0 Å². The van der Waals surface area contributed by atoms with Crippen LogP contribution in [-0.4, -0.2) is 44.4 Å². The molecule has 146 valence electrons. The molecular weight excluding hydrogens is 352 g/mol. The second-order valence-electron chi connectivity index (χ2n) is 6.63. The molecule has 0 radical (unpaired) electrons. The maximum atomic E-state index is 12.9. The second-order valence-corrected chi connectivity index (χ2v) is 8.56. The van der Waals surface area contributed by atoms with Crippen LogP contribution in [0.3, 0.4) is 0 Å². The lowest BCUT2D eigenvalue weighted by molar-refractivity contribution is -0.124. The summed E-state index contributed by atoms with van der Waals surface area (Å²) in [6, 6.07) is 6.39. The molecule has 0 aliphatic carbocycles. The molecule has 6 nitrogen and oxygen atoms in total. The van der Waals surface area contributed by atoms with Crippen LogP contribution in [0.2, 0.25) is 0 Å². The van der Waals surface area contributed by atoms with Crippen LogP contribution in [0.25, 0.3) is 0 Å². The number of carbonyl (C=O) groups is 1. The number of amides is 1. The number of rotatable bonds is 10. The zero-order chi connectivity index (χ0) is 19.0. The van der Waals surface area contributed by atoms with Crippen molar-refractivity contribution in [2.45, 2.75) is 63.4 Å². The Morgan fingerprint density at radius 2 is 1.77 bits per heavy atom. The highest BCUT2D eigenvalue weighted by Gasteiger charge is 2.25. The average Bonchev–Trinajstić information content (AvgIpc) is 3.17. The Morgan fingerprint density at radius 1 is 1.15 bits per heavy atom. The van der Waals surface area contributed by atoms with E-state index in [4.69, 9.17) is 4.74 Å². The van der Waals surface area contributed by atoms with E-state index < -0.39 is 16.1 Å². The van der Waals surface area contributed by atoms with Crippen molar-refractivity contribution in [1.29, 1.82) is 0 Å². The number of nitrogens with zero attached hydrogens (tertiary/aromatic N) is 1. The molecule has 26 heavy (non-hydrogen) atoms. The first-order valence-electron chi connectivity index (χ1n) is 9.51. The summed E-state index contributed by atoms with van der Waals surface area (Å²) in [5, 5.41) is 2.79. The van der Waals surface area contributed by atoms with Crippen LogP contribution in [0.5, 0.6) is 0 Å². The van der Waals surface area contributed by atoms with Gasteiger partial charge in [-0.05, 0) is 49.9 Å². The van der Waals surface area contributed by atoms with Crippen molar-refractivity contribution in [1.82, 2.24) is 4.31 Å². The second kappa shape index (κ2) is 10.0. The highest BCUT2D eigenvalue weighted by molar-refractivity contribution is 7.89. The third-order valence-electron chi connectivity index (χ3n) is 4.50. The fraction of sp³-hybridized carbons (Fsp3) is 0.632. The average molecular weight is 383 g/mol. The van der Waals surface area contributed by atoms with Crippen LogP contribution in [0, 0.1) is 0 Å². The van der Waals surface area contributed by atoms with E-state index in [-0.39, 0.29) is 10.8 Å². The van der Waals surface area contributed by atoms with Gasteiger partial charge in [-0.15, -0.1) is 0 Å². The van der Waals surface area contributed by atoms with Gasteiger partial charge in [0.2, 0.25) is 10.0 Å². The van der Waals surface area contributed by atoms with Crippen molar-refractivity contribution >= 4 is 21.6 Å². The molecule has 1 aromatic carbocycles. The van der Waals surface area contributed by atoms with Gasteiger partial charge in [-0.1, -0.05) is 26.7 Å². The lowest BCUT2D eigenvalue weighted by Crippen LogP contribution is -2.33. The molecule has 1 fully saturated rings. The highest BCUT2D eigenvalue weighted by Crippen LogP contribution is 2.21. The third kappa shape index (κ3) is 5.53. The Labute approximate surface area is 157 Å². The molecule has 0 bridgehead atoms. The normalized spacial score (nSPS) is 17.6. The van der Waals surface area contributed by atoms with Crippen molar-refractivity contribution in [3.05, 3.63) is 24.3 Å². The molecule has 1 saturated heterocycles. The number of anilines is 1. The lowest BCUT2D eigenvalue weighted by Gasteiger charge is -2.22. The highest BCUT2D eigenvalue weighted by atomic mass is 32.2. The van der Waals surface area contributed by atoms with E-state index in [0.717, 1.165) is 38.5 Å². The summed E-state index contributed by atoms with van der Waals surface area (Å²) in [6.45, 7) is 5.79. The quantitative estimate of drug-likeness (QED) is 0.673. The minimum absolute atomic E-state index is 0.175. The molecule has 1 N–H and O–H groups in total. The molecule has 0 spiro atoms. The van der Waals surface area contributed by atoms with Crippen molar-refractivity contribution < 1.29 is 17.9 Å². The maximum Gasteiger partial charge on any atom is 0.253 e. The van der Waals surface area contributed by atoms with E-state index in [1.54, 1.807) is 28.6 Å². The minimum Gasteiger partial charge on any atom is -0.368 e. The van der Waals surface area contributed by atoms with Gasteiger partial charge in [-0.2, -0.15) is 4.31 Å². The fourth-order valence-corrected chi connectivity index (χ4v) is 4.40. The third-order valence-corrected chi connectivity index (χ3v) is 6.42. The Morgan fingerprint density at radius 3 is 2.27 bits per heavy atom. The Kier molecular flexibility index (Phi) is 8.06. The topological polar surface area (TPSA) is 75.7 Å². The van der Waals surface area contributed by atoms with Gasteiger partial charge in [-0.3, -0.25) is 4.79 Å². The van der Waals surface area contributed by atoms with Crippen molar-refractivity contribution in [3.8, 4) is 0 Å². The Hall–Kier alpha value is -1.44. The number of sulfonamides is 1. The molecule has 0 saturated carbocycles.